The molecule has 3 rings (SSSR count). The molecule has 10 nitrogen and oxygen atoms in total. The molecule has 0 bridgehead atoms. The lowest BCUT2D eigenvalue weighted by Gasteiger charge is -2.30. The first-order chi connectivity index (χ1) is 13.7. The van der Waals surface area contributed by atoms with Crippen molar-refractivity contribution in [3.63, 3.8) is 0 Å². The summed E-state index contributed by atoms with van der Waals surface area (Å²) in [6, 6.07) is 0. The summed E-state index contributed by atoms with van der Waals surface area (Å²) in [4.78, 5) is 44.3. The van der Waals surface area contributed by atoms with Crippen molar-refractivity contribution in [3.05, 3.63) is 38.1 Å². The van der Waals surface area contributed by atoms with Crippen LogP contribution in [0.1, 0.15) is 54.7 Å². The fourth-order valence-corrected chi connectivity index (χ4v) is 3.75. The first kappa shape index (κ1) is 21.0. The summed E-state index contributed by atoms with van der Waals surface area (Å²) in [5.41, 5.74) is 4.82. The number of ketones is 1. The molecule has 1 atom stereocenters. The second-order valence-electron chi connectivity index (χ2n) is 8.09. The number of nitrogens with two attached hydrogens (primary N) is 1. The molecule has 1 fully saturated rings. The lowest BCUT2D eigenvalue weighted by atomic mass is 9.97. The van der Waals surface area contributed by atoms with Gasteiger partial charge in [-0.15, -0.1) is 0 Å². The van der Waals surface area contributed by atoms with Crippen molar-refractivity contribution in [1.82, 2.24) is 24.2 Å². The monoisotopic (exact) mass is 404 g/mol. The van der Waals surface area contributed by atoms with Crippen molar-refractivity contribution in [2.45, 2.75) is 46.1 Å². The number of anilines is 1. The number of nitrogen functional groups attached to an aromatic ring is 1. The Labute approximate surface area is 168 Å². The number of likely N-dealkylation sites (tertiary alicyclic amines) is 1. The number of aromatic nitrogens is 4. The van der Waals surface area contributed by atoms with E-state index in [1.165, 1.54) is 11.6 Å². The van der Waals surface area contributed by atoms with Gasteiger partial charge < -0.3 is 10.3 Å². The minimum absolute atomic E-state index is 0.0446. The Kier molecular flexibility index (Phi) is 6.02. The quantitative estimate of drug-likeness (QED) is 0.691. The number of Topliss-reactive ketones (excluding diaryl/α,β-unsaturated/α-hetero) is 1. The van der Waals surface area contributed by atoms with Crippen molar-refractivity contribution < 1.29 is 9.32 Å². The highest BCUT2D eigenvalue weighted by Crippen LogP contribution is 2.25. The van der Waals surface area contributed by atoms with Crippen LogP contribution in [0.3, 0.4) is 0 Å². The highest BCUT2D eigenvalue weighted by atomic mass is 16.5. The van der Waals surface area contributed by atoms with Crippen LogP contribution in [-0.2, 0) is 13.6 Å². The predicted molar refractivity (Wildman–Crippen MR) is 107 cm³/mol. The molecule has 1 unspecified atom stereocenters. The third kappa shape index (κ3) is 4.31. The molecule has 1 saturated heterocycles. The van der Waals surface area contributed by atoms with Crippen LogP contribution in [0.4, 0.5) is 5.82 Å². The number of piperidine rings is 1. The van der Waals surface area contributed by atoms with E-state index in [4.69, 9.17) is 10.3 Å². The van der Waals surface area contributed by atoms with Crippen LogP contribution in [-0.4, -0.2) is 49.6 Å². The van der Waals surface area contributed by atoms with Gasteiger partial charge >= 0.3 is 5.69 Å². The van der Waals surface area contributed by atoms with Crippen LogP contribution >= 0.6 is 0 Å². The van der Waals surface area contributed by atoms with E-state index >= 15 is 0 Å². The molecule has 3 heterocycles. The smallest absolute Gasteiger partial charge is 0.332 e. The number of hydrogen-bond donors (Lipinski definition) is 1. The average molecular weight is 404 g/mol. The highest BCUT2D eigenvalue weighted by Gasteiger charge is 2.29. The molecule has 0 spiro atoms. The van der Waals surface area contributed by atoms with E-state index < -0.39 is 11.2 Å². The van der Waals surface area contributed by atoms with Crippen LogP contribution in [0.15, 0.2) is 14.1 Å². The summed E-state index contributed by atoms with van der Waals surface area (Å²) in [6.07, 6.45) is 1.77. The zero-order valence-corrected chi connectivity index (χ0v) is 17.3. The molecule has 1 aliphatic heterocycles. The fraction of sp³-hybridized carbons (Fsp3) is 0.632. The molecular weight excluding hydrogens is 376 g/mol. The number of rotatable bonds is 6. The highest BCUT2D eigenvalue weighted by molar-refractivity contribution is 6.01. The lowest BCUT2D eigenvalue weighted by molar-refractivity contribution is 0.0896. The van der Waals surface area contributed by atoms with Gasteiger partial charge in [0.25, 0.3) is 5.56 Å². The van der Waals surface area contributed by atoms with E-state index in [9.17, 15) is 14.4 Å². The lowest BCUT2D eigenvalue weighted by Crippen LogP contribution is -2.45. The van der Waals surface area contributed by atoms with Gasteiger partial charge in [0, 0.05) is 20.1 Å². The van der Waals surface area contributed by atoms with Gasteiger partial charge in [0.2, 0.25) is 5.89 Å². The molecule has 0 radical (unpaired) electrons. The van der Waals surface area contributed by atoms with Crippen LogP contribution in [0.25, 0.3) is 0 Å². The Morgan fingerprint density at radius 1 is 1.34 bits per heavy atom. The maximum atomic E-state index is 13.0. The maximum Gasteiger partial charge on any atom is 0.332 e. The predicted octanol–water partition coefficient (Wildman–Crippen LogP) is 0.539. The molecule has 2 aromatic rings. The minimum atomic E-state index is -0.654. The summed E-state index contributed by atoms with van der Waals surface area (Å²) in [5, 5.41) is 3.84. The largest absolute Gasteiger partial charge is 0.384 e. The Morgan fingerprint density at radius 2 is 2.07 bits per heavy atom. The maximum absolute atomic E-state index is 13.0. The number of nitrogens with zero attached hydrogens (tertiary/aromatic N) is 5. The Morgan fingerprint density at radius 3 is 2.69 bits per heavy atom. The Hall–Kier alpha value is -2.75. The van der Waals surface area contributed by atoms with Gasteiger partial charge in [-0.3, -0.25) is 23.6 Å². The summed E-state index contributed by atoms with van der Waals surface area (Å²) in [6.45, 7) is 7.32. The second kappa shape index (κ2) is 8.32. The SMILES string of the molecule is Cc1noc(C2CCCN(CC(=O)c3c(N)n(CC(C)C)c(=O)n(C)c3=O)C2)n1. The molecule has 2 aromatic heterocycles. The summed E-state index contributed by atoms with van der Waals surface area (Å²) in [7, 11) is 1.37. The molecule has 10 heteroatoms. The first-order valence-corrected chi connectivity index (χ1v) is 9.84. The molecule has 0 amide bonds. The fourth-order valence-electron chi connectivity index (χ4n) is 3.75. The van der Waals surface area contributed by atoms with E-state index in [0.717, 1.165) is 24.0 Å². The molecular formula is C19H28N6O4. The third-order valence-electron chi connectivity index (χ3n) is 5.18. The average Bonchev–Trinajstić information content (AvgIpc) is 3.10. The summed E-state index contributed by atoms with van der Waals surface area (Å²) in [5.74, 6) is 0.891. The van der Waals surface area contributed by atoms with Crippen LogP contribution in [0.2, 0.25) is 0 Å². The van der Waals surface area contributed by atoms with E-state index in [0.29, 0.717) is 24.8 Å². The number of aryl methyl sites for hydroxylation is 1. The van der Waals surface area contributed by atoms with Gasteiger partial charge in [0.1, 0.15) is 11.4 Å². The second-order valence-corrected chi connectivity index (χ2v) is 8.09. The molecule has 158 valence electrons. The van der Waals surface area contributed by atoms with Crippen LogP contribution in [0.5, 0.6) is 0 Å². The normalized spacial score (nSPS) is 17.8. The number of hydrogen-bond acceptors (Lipinski definition) is 8. The summed E-state index contributed by atoms with van der Waals surface area (Å²) >= 11 is 0. The van der Waals surface area contributed by atoms with Crippen molar-refractivity contribution in [1.29, 1.82) is 0 Å². The molecule has 1 aliphatic rings. The van der Waals surface area contributed by atoms with Crippen molar-refractivity contribution in [2.75, 3.05) is 25.4 Å². The van der Waals surface area contributed by atoms with Gasteiger partial charge in [0.15, 0.2) is 11.6 Å². The van der Waals surface area contributed by atoms with E-state index in [1.807, 2.05) is 18.7 Å². The van der Waals surface area contributed by atoms with Crippen molar-refractivity contribution in [2.24, 2.45) is 13.0 Å². The van der Waals surface area contributed by atoms with E-state index in [2.05, 4.69) is 10.1 Å². The van der Waals surface area contributed by atoms with Gasteiger partial charge in [-0.2, -0.15) is 4.98 Å². The van der Waals surface area contributed by atoms with Crippen LogP contribution < -0.4 is 17.0 Å². The number of carbonyl (C=O) groups is 1. The minimum Gasteiger partial charge on any atom is -0.384 e. The molecule has 2 N–H and O–H groups in total. The Bertz CT molecular complexity index is 1020. The van der Waals surface area contributed by atoms with E-state index in [1.54, 1.807) is 6.92 Å². The number of carbonyl (C=O) groups excluding carboxylic acids is 1. The topological polar surface area (TPSA) is 129 Å². The standard InChI is InChI=1S/C19H28N6O4/c1-11(2)8-25-16(20)15(18(27)23(4)19(25)28)14(26)10-24-7-5-6-13(9-24)17-21-12(3)22-29-17/h11,13H,5-10,20H2,1-4H3. The van der Waals surface area contributed by atoms with Crippen molar-refractivity contribution >= 4 is 11.6 Å². The molecule has 0 aromatic carbocycles. The van der Waals surface area contributed by atoms with Gasteiger partial charge in [-0.05, 0) is 32.2 Å². The third-order valence-corrected chi connectivity index (χ3v) is 5.18. The first-order valence-electron chi connectivity index (χ1n) is 9.84. The van der Waals surface area contributed by atoms with Gasteiger partial charge in [-0.25, -0.2) is 4.79 Å². The van der Waals surface area contributed by atoms with Crippen LogP contribution in [0, 0.1) is 12.8 Å². The summed E-state index contributed by atoms with van der Waals surface area (Å²) < 4.78 is 7.53. The molecule has 29 heavy (non-hydrogen) atoms. The van der Waals surface area contributed by atoms with Crippen molar-refractivity contribution in [3.8, 4) is 0 Å². The van der Waals surface area contributed by atoms with Gasteiger partial charge in [-0.1, -0.05) is 19.0 Å². The Balaban J connectivity index is 1.84. The van der Waals surface area contributed by atoms with E-state index in [-0.39, 0.29) is 35.5 Å². The zero-order chi connectivity index (χ0) is 21.3. The molecule has 0 saturated carbocycles. The molecule has 0 aliphatic carbocycles. The van der Waals surface area contributed by atoms with Gasteiger partial charge in [0.05, 0.1) is 12.5 Å². The zero-order valence-electron chi connectivity index (χ0n) is 17.3.